The maximum absolute atomic E-state index is 11.3. The molecule has 3 saturated carbocycles. The van der Waals surface area contributed by atoms with Gasteiger partial charge in [0.15, 0.2) is 0 Å². The maximum Gasteiger partial charge on any atom is 0.0757 e. The van der Waals surface area contributed by atoms with Gasteiger partial charge in [-0.15, -0.1) is 0 Å². The van der Waals surface area contributed by atoms with Crippen molar-refractivity contribution in [3.05, 3.63) is 11.6 Å². The largest absolute Gasteiger partial charge is 0.393 e. The number of hydrogen-bond acceptors (Lipinski definition) is 2. The number of aliphatic hydroxyl groups excluding tert-OH is 2. The van der Waals surface area contributed by atoms with Gasteiger partial charge in [0.1, 0.15) is 0 Å². The third kappa shape index (κ3) is 3.65. The lowest BCUT2D eigenvalue weighted by Crippen LogP contribution is -2.54. The van der Waals surface area contributed by atoms with Crippen molar-refractivity contribution < 1.29 is 19.8 Å². The van der Waals surface area contributed by atoms with Crippen LogP contribution in [0, 0.1) is 46.3 Å². The van der Waals surface area contributed by atoms with Crippen LogP contribution in [0.1, 0.15) is 108 Å². The van der Waals surface area contributed by atoms with Crippen molar-refractivity contribution in [2.24, 2.45) is 46.3 Å². The molecule has 4 rings (SSSR count). The number of rotatable bonds is 5. The molecule has 0 aromatic rings. The van der Waals surface area contributed by atoms with Crippen molar-refractivity contribution in [1.29, 1.82) is 0 Å². The lowest BCUT2D eigenvalue weighted by molar-refractivity contribution is -0.0970. The third-order valence-corrected chi connectivity index (χ3v) is 9.95. The Morgan fingerprint density at radius 1 is 1.10 bits per heavy atom. The summed E-state index contributed by atoms with van der Waals surface area (Å²) < 4.78 is 54.4. The molecular formula is C27H46O2. The van der Waals surface area contributed by atoms with E-state index >= 15 is 0 Å². The van der Waals surface area contributed by atoms with Crippen LogP contribution in [0.3, 0.4) is 0 Å². The van der Waals surface area contributed by atoms with Crippen LogP contribution < -0.4 is 0 Å². The molecule has 0 amide bonds. The molecule has 0 bridgehead atoms. The van der Waals surface area contributed by atoms with Gasteiger partial charge in [-0.05, 0) is 91.3 Å². The standard InChI is InChI=1S/C27H46O2/c1-17(2)7-6-8-18(3)21-9-10-22-25-23(12-14-27(21,22)5)26(4)13-11-20(28)15-19(26)16-24(25)29/h16-18,20-25,28-29H,6-15H2,1-5H3/t18-,20?,21-,22+,23+,24-,25+,26+,27-/m1/s1/i1D3,2D3,17D. The lowest BCUT2D eigenvalue weighted by Gasteiger charge is -2.59. The first kappa shape index (κ1) is 14.7. The predicted molar refractivity (Wildman–Crippen MR) is 120 cm³/mol. The minimum absolute atomic E-state index is 0.0656. The fourth-order valence-electron chi connectivity index (χ4n) is 8.41. The average Bonchev–Trinajstić information content (AvgIpc) is 3.10. The van der Waals surface area contributed by atoms with E-state index in [4.69, 9.17) is 9.60 Å². The number of hydrogen-bond donors (Lipinski definition) is 2. The van der Waals surface area contributed by atoms with E-state index in [1.807, 2.05) is 0 Å². The average molecular weight is 410 g/mol. The summed E-state index contributed by atoms with van der Waals surface area (Å²) in [6.45, 7) is 1.26. The monoisotopic (exact) mass is 409 g/mol. The van der Waals surface area contributed by atoms with E-state index in [1.54, 1.807) is 0 Å². The van der Waals surface area contributed by atoms with Crippen LogP contribution in [0.4, 0.5) is 0 Å². The van der Waals surface area contributed by atoms with Gasteiger partial charge in [0.2, 0.25) is 0 Å². The fourth-order valence-corrected chi connectivity index (χ4v) is 8.41. The Balaban J connectivity index is 1.47. The van der Waals surface area contributed by atoms with Crippen molar-refractivity contribution in [1.82, 2.24) is 0 Å². The van der Waals surface area contributed by atoms with Gasteiger partial charge in [-0.1, -0.05) is 65.4 Å². The Morgan fingerprint density at radius 2 is 1.90 bits per heavy atom. The molecular weight excluding hydrogens is 356 g/mol. The van der Waals surface area contributed by atoms with Gasteiger partial charge in [-0.25, -0.2) is 0 Å². The highest BCUT2D eigenvalue weighted by molar-refractivity contribution is 5.27. The summed E-state index contributed by atoms with van der Waals surface area (Å²) in [5.41, 5.74) is 1.42. The lowest BCUT2D eigenvalue weighted by atomic mass is 9.46. The van der Waals surface area contributed by atoms with Crippen LogP contribution >= 0.6 is 0 Å². The Hall–Kier alpha value is -0.340. The molecule has 2 heteroatoms. The van der Waals surface area contributed by atoms with Gasteiger partial charge < -0.3 is 10.2 Å². The van der Waals surface area contributed by atoms with E-state index in [1.165, 1.54) is 5.57 Å². The van der Waals surface area contributed by atoms with E-state index in [0.29, 0.717) is 36.5 Å². The Morgan fingerprint density at radius 3 is 2.66 bits per heavy atom. The molecule has 0 spiro atoms. The van der Waals surface area contributed by atoms with Gasteiger partial charge >= 0.3 is 0 Å². The van der Waals surface area contributed by atoms with Gasteiger partial charge in [0, 0.05) is 9.60 Å². The summed E-state index contributed by atoms with van der Waals surface area (Å²) >= 11 is 0. The van der Waals surface area contributed by atoms with Gasteiger partial charge in [0.25, 0.3) is 0 Å². The first-order valence-corrected chi connectivity index (χ1v) is 12.0. The van der Waals surface area contributed by atoms with E-state index < -0.39 is 25.7 Å². The minimum Gasteiger partial charge on any atom is -0.393 e. The summed E-state index contributed by atoms with van der Waals surface area (Å²) in [6.07, 6.45) is 9.14. The summed E-state index contributed by atoms with van der Waals surface area (Å²) in [6, 6.07) is 0. The molecule has 0 heterocycles. The summed E-state index contributed by atoms with van der Waals surface area (Å²) in [7, 11) is 0. The molecule has 166 valence electrons. The molecule has 0 aliphatic heterocycles. The second-order valence-electron chi connectivity index (χ2n) is 11.4. The molecule has 3 fully saturated rings. The fraction of sp³-hybridized carbons (Fsp3) is 0.926. The van der Waals surface area contributed by atoms with E-state index in [-0.39, 0.29) is 29.3 Å². The molecule has 4 aliphatic rings. The second kappa shape index (κ2) is 7.97. The summed E-state index contributed by atoms with van der Waals surface area (Å²) in [4.78, 5) is 0. The van der Waals surface area contributed by atoms with E-state index in [9.17, 15) is 10.2 Å². The number of fused-ring (bicyclic) bond motifs is 5. The molecule has 0 aromatic carbocycles. The quantitative estimate of drug-likeness (QED) is 0.519. The van der Waals surface area contributed by atoms with Crippen LogP contribution in [0.2, 0.25) is 0 Å². The summed E-state index contributed by atoms with van der Waals surface area (Å²) in [5.74, 6) is -0.574. The van der Waals surface area contributed by atoms with Crippen molar-refractivity contribution >= 4 is 0 Å². The van der Waals surface area contributed by atoms with Crippen LogP contribution in [0.15, 0.2) is 11.6 Å². The molecule has 0 aromatic heterocycles. The molecule has 0 radical (unpaired) electrons. The molecule has 2 N–H and O–H groups in total. The predicted octanol–water partition coefficient (Wildman–Crippen LogP) is 6.36. The van der Waals surface area contributed by atoms with Crippen molar-refractivity contribution in [2.45, 2.75) is 111 Å². The Labute approximate surface area is 189 Å². The molecule has 1 unspecified atom stereocenters. The Kier molecular flexibility index (Phi) is 4.03. The molecule has 29 heavy (non-hydrogen) atoms. The summed E-state index contributed by atoms with van der Waals surface area (Å²) in [5, 5.41) is 21.6. The molecule has 0 saturated heterocycles. The zero-order valence-electron chi connectivity index (χ0n) is 25.6. The highest BCUT2D eigenvalue weighted by Crippen LogP contribution is 2.67. The highest BCUT2D eigenvalue weighted by Gasteiger charge is 2.61. The number of aliphatic hydroxyl groups is 2. The van der Waals surface area contributed by atoms with Crippen LogP contribution in [0.5, 0.6) is 0 Å². The van der Waals surface area contributed by atoms with E-state index in [2.05, 4.69) is 26.8 Å². The third-order valence-electron chi connectivity index (χ3n) is 9.95. The first-order chi connectivity index (χ1) is 16.5. The minimum atomic E-state index is -2.85. The van der Waals surface area contributed by atoms with Crippen molar-refractivity contribution in [3.8, 4) is 0 Å². The molecule has 4 aliphatic carbocycles. The normalized spacial score (nSPS) is 52.7. The zero-order chi connectivity index (χ0) is 26.9. The van der Waals surface area contributed by atoms with Crippen molar-refractivity contribution in [3.63, 3.8) is 0 Å². The highest BCUT2D eigenvalue weighted by atomic mass is 16.3. The van der Waals surface area contributed by atoms with E-state index in [0.717, 1.165) is 44.9 Å². The topological polar surface area (TPSA) is 40.5 Å². The SMILES string of the molecule is [2H]C([2H])([2H])C([2H])(CCC[C@@H](C)[C@H]1CC[C@H]2[C@@H]3[C@H](O)C=C4CC(O)CC[C@]4(C)[C@H]3CC[C@]12C)C([2H])([2H])[2H]. The first-order valence-electron chi connectivity index (χ1n) is 15.5. The van der Waals surface area contributed by atoms with Crippen LogP contribution in [-0.4, -0.2) is 22.4 Å². The molecule has 2 nitrogen and oxygen atoms in total. The van der Waals surface area contributed by atoms with Gasteiger partial charge in [-0.2, -0.15) is 0 Å². The van der Waals surface area contributed by atoms with Gasteiger partial charge in [0.05, 0.1) is 12.2 Å². The Bertz CT molecular complexity index is 838. The maximum atomic E-state index is 11.3. The van der Waals surface area contributed by atoms with Gasteiger partial charge in [-0.3, -0.25) is 0 Å². The zero-order valence-corrected chi connectivity index (χ0v) is 18.6. The second-order valence-corrected chi connectivity index (χ2v) is 11.4. The van der Waals surface area contributed by atoms with Crippen molar-refractivity contribution in [2.75, 3.05) is 0 Å². The molecule has 9 atom stereocenters. The smallest absolute Gasteiger partial charge is 0.0757 e. The van der Waals surface area contributed by atoms with Crippen LogP contribution in [0.25, 0.3) is 0 Å². The van der Waals surface area contributed by atoms with Crippen LogP contribution in [-0.2, 0) is 0 Å².